The van der Waals surface area contributed by atoms with Gasteiger partial charge in [0.1, 0.15) is 0 Å². The fourth-order valence-electron chi connectivity index (χ4n) is 3.99. The van der Waals surface area contributed by atoms with Crippen LogP contribution in [0.4, 0.5) is 0 Å². The Bertz CT molecular complexity index is 1010. The number of halogens is 1. The lowest BCUT2D eigenvalue weighted by Crippen LogP contribution is -2.31. The molecule has 0 radical (unpaired) electrons. The molecule has 0 saturated carbocycles. The molecule has 0 bridgehead atoms. The number of aryl methyl sites for hydroxylation is 1. The van der Waals surface area contributed by atoms with Gasteiger partial charge in [0.05, 0.1) is 4.90 Å². The minimum atomic E-state index is -3.56. The second-order valence-electron chi connectivity index (χ2n) is 7.34. The van der Waals surface area contributed by atoms with Crippen LogP contribution in [0.1, 0.15) is 24.0 Å². The van der Waals surface area contributed by atoms with E-state index in [2.05, 4.69) is 12.2 Å². The van der Waals surface area contributed by atoms with Crippen LogP contribution < -0.4 is 0 Å². The van der Waals surface area contributed by atoms with E-state index in [-0.39, 0.29) is 5.41 Å². The van der Waals surface area contributed by atoms with Gasteiger partial charge in [-0.2, -0.15) is 4.31 Å². The largest absolute Gasteiger partial charge is 0.243 e. The summed E-state index contributed by atoms with van der Waals surface area (Å²) in [7, 11) is -3.56. The SMILES string of the molecule is Cc1ccc(S(=O)(=O)N2C/C(=C(\Cl)c3ccccc3)[C@@]3(C=CCC3)C2)cc1. The van der Waals surface area contributed by atoms with E-state index in [1.807, 2.05) is 49.4 Å². The Kier molecular flexibility index (Phi) is 4.75. The fraction of sp³-hybridized carbons (Fsp3) is 0.273. The standard InChI is InChI=1S/C22H22ClNO2S/c1-17-9-11-19(12-10-17)27(25,26)24-15-20(22(16-24)13-5-6-14-22)21(23)18-7-3-2-4-8-18/h2-5,7-13H,6,14-16H2,1H3/b21-20+/t22-/m1/s1. The van der Waals surface area contributed by atoms with Crippen molar-refractivity contribution in [2.24, 2.45) is 5.41 Å². The Morgan fingerprint density at radius 2 is 1.78 bits per heavy atom. The molecule has 4 rings (SSSR count). The average Bonchev–Trinajstić information content (AvgIpc) is 3.30. The maximum absolute atomic E-state index is 13.2. The predicted octanol–water partition coefficient (Wildman–Crippen LogP) is 4.99. The zero-order valence-corrected chi connectivity index (χ0v) is 16.8. The Labute approximate surface area is 166 Å². The van der Waals surface area contributed by atoms with Crippen LogP contribution in [0.2, 0.25) is 0 Å². The summed E-state index contributed by atoms with van der Waals surface area (Å²) in [6.07, 6.45) is 6.13. The first-order valence-electron chi connectivity index (χ1n) is 9.11. The Hall–Kier alpha value is -1.88. The van der Waals surface area contributed by atoms with Crippen molar-refractivity contribution in [3.63, 3.8) is 0 Å². The summed E-state index contributed by atoms with van der Waals surface area (Å²) in [5.41, 5.74) is 2.67. The topological polar surface area (TPSA) is 37.4 Å². The van der Waals surface area contributed by atoms with Gasteiger partial charge in [-0.05, 0) is 43.0 Å². The highest BCUT2D eigenvalue weighted by molar-refractivity contribution is 7.89. The molecule has 2 aliphatic rings. The van der Waals surface area contributed by atoms with Gasteiger partial charge in [-0.25, -0.2) is 8.42 Å². The van der Waals surface area contributed by atoms with Crippen LogP contribution in [0, 0.1) is 12.3 Å². The summed E-state index contributed by atoms with van der Waals surface area (Å²) in [4.78, 5) is 0.335. The number of hydrogen-bond acceptors (Lipinski definition) is 2. The summed E-state index contributed by atoms with van der Waals surface area (Å²) in [6.45, 7) is 2.72. The summed E-state index contributed by atoms with van der Waals surface area (Å²) < 4.78 is 28.0. The van der Waals surface area contributed by atoms with Crippen molar-refractivity contribution in [2.45, 2.75) is 24.7 Å². The second kappa shape index (κ2) is 6.93. The van der Waals surface area contributed by atoms with Crippen molar-refractivity contribution >= 4 is 26.7 Å². The normalized spacial score (nSPS) is 24.7. The van der Waals surface area contributed by atoms with Gasteiger partial charge < -0.3 is 0 Å². The van der Waals surface area contributed by atoms with Gasteiger partial charge in [0, 0.05) is 23.5 Å². The van der Waals surface area contributed by atoms with E-state index in [1.54, 1.807) is 16.4 Å². The lowest BCUT2D eigenvalue weighted by atomic mass is 9.81. The third kappa shape index (κ3) is 3.27. The minimum Gasteiger partial charge on any atom is -0.207 e. The lowest BCUT2D eigenvalue weighted by molar-refractivity contribution is 0.404. The zero-order chi connectivity index (χ0) is 19.1. The first-order valence-corrected chi connectivity index (χ1v) is 10.9. The number of benzene rings is 2. The molecule has 1 atom stereocenters. The molecule has 3 nitrogen and oxygen atoms in total. The summed E-state index contributed by atoms with van der Waals surface area (Å²) >= 11 is 6.79. The summed E-state index contributed by atoms with van der Waals surface area (Å²) in [5.74, 6) is 0. The van der Waals surface area contributed by atoms with E-state index in [4.69, 9.17) is 11.6 Å². The molecule has 2 aromatic rings. The maximum Gasteiger partial charge on any atom is 0.243 e. The van der Waals surface area contributed by atoms with E-state index >= 15 is 0 Å². The van der Waals surface area contributed by atoms with E-state index in [9.17, 15) is 8.42 Å². The van der Waals surface area contributed by atoms with Crippen LogP contribution >= 0.6 is 11.6 Å². The Morgan fingerprint density at radius 3 is 2.41 bits per heavy atom. The van der Waals surface area contributed by atoms with Crippen LogP contribution in [0.3, 0.4) is 0 Å². The van der Waals surface area contributed by atoms with E-state index in [0.717, 1.165) is 29.5 Å². The smallest absolute Gasteiger partial charge is 0.207 e. The molecule has 1 saturated heterocycles. The molecule has 1 aliphatic heterocycles. The van der Waals surface area contributed by atoms with E-state index in [1.165, 1.54) is 0 Å². The van der Waals surface area contributed by atoms with Crippen LogP contribution in [0.15, 0.2) is 77.2 Å². The first-order chi connectivity index (χ1) is 12.9. The molecule has 1 heterocycles. The second-order valence-corrected chi connectivity index (χ2v) is 9.66. The molecule has 140 valence electrons. The van der Waals surface area contributed by atoms with E-state index in [0.29, 0.717) is 23.0 Å². The third-order valence-electron chi connectivity index (χ3n) is 5.54. The number of nitrogens with zero attached hydrogens (tertiary/aromatic N) is 1. The third-order valence-corrected chi connectivity index (χ3v) is 7.79. The number of allylic oxidation sites excluding steroid dienone is 1. The van der Waals surface area contributed by atoms with Crippen molar-refractivity contribution in [1.29, 1.82) is 0 Å². The maximum atomic E-state index is 13.2. The summed E-state index contributed by atoms with van der Waals surface area (Å²) in [6, 6.07) is 16.8. The van der Waals surface area contributed by atoms with Gasteiger partial charge in [0.25, 0.3) is 0 Å². The Morgan fingerprint density at radius 1 is 1.07 bits per heavy atom. The number of hydrogen-bond donors (Lipinski definition) is 0. The molecule has 5 heteroatoms. The minimum absolute atomic E-state index is 0.301. The van der Waals surface area contributed by atoms with Gasteiger partial charge in [0.2, 0.25) is 10.0 Å². The van der Waals surface area contributed by atoms with Crippen LogP contribution in [0.5, 0.6) is 0 Å². The number of rotatable bonds is 3. The van der Waals surface area contributed by atoms with Crippen molar-refractivity contribution in [2.75, 3.05) is 13.1 Å². The molecular formula is C22H22ClNO2S. The highest BCUT2D eigenvalue weighted by Gasteiger charge is 2.47. The van der Waals surface area contributed by atoms with Crippen molar-refractivity contribution in [3.05, 3.63) is 83.4 Å². The van der Waals surface area contributed by atoms with Gasteiger partial charge >= 0.3 is 0 Å². The summed E-state index contributed by atoms with van der Waals surface area (Å²) in [5, 5.41) is 0.670. The van der Waals surface area contributed by atoms with Crippen molar-refractivity contribution in [3.8, 4) is 0 Å². The molecule has 0 N–H and O–H groups in total. The first kappa shape index (κ1) is 18.5. The molecule has 0 aromatic heterocycles. The molecule has 0 amide bonds. The molecule has 1 spiro atoms. The van der Waals surface area contributed by atoms with Gasteiger partial charge in [-0.1, -0.05) is 71.8 Å². The lowest BCUT2D eigenvalue weighted by Gasteiger charge is -2.24. The monoisotopic (exact) mass is 399 g/mol. The average molecular weight is 400 g/mol. The van der Waals surface area contributed by atoms with Gasteiger partial charge in [-0.15, -0.1) is 0 Å². The molecule has 27 heavy (non-hydrogen) atoms. The van der Waals surface area contributed by atoms with Gasteiger partial charge in [-0.3, -0.25) is 0 Å². The van der Waals surface area contributed by atoms with Crippen LogP contribution in [-0.2, 0) is 10.0 Å². The zero-order valence-electron chi connectivity index (χ0n) is 15.2. The van der Waals surface area contributed by atoms with Crippen LogP contribution in [0.25, 0.3) is 5.03 Å². The predicted molar refractivity (Wildman–Crippen MR) is 110 cm³/mol. The van der Waals surface area contributed by atoms with E-state index < -0.39 is 10.0 Å². The molecule has 1 aliphatic carbocycles. The highest BCUT2D eigenvalue weighted by atomic mass is 35.5. The highest BCUT2D eigenvalue weighted by Crippen LogP contribution is 2.49. The molecule has 0 unspecified atom stereocenters. The molecular weight excluding hydrogens is 378 g/mol. The molecule has 1 fully saturated rings. The number of sulfonamides is 1. The fourth-order valence-corrected chi connectivity index (χ4v) is 5.84. The molecule has 2 aromatic carbocycles. The Balaban J connectivity index is 1.76. The van der Waals surface area contributed by atoms with Crippen molar-refractivity contribution < 1.29 is 8.42 Å². The van der Waals surface area contributed by atoms with Crippen LogP contribution in [-0.4, -0.2) is 25.8 Å². The van der Waals surface area contributed by atoms with Gasteiger partial charge in [0.15, 0.2) is 0 Å². The van der Waals surface area contributed by atoms with Crippen molar-refractivity contribution in [1.82, 2.24) is 4.31 Å². The quantitative estimate of drug-likeness (QED) is 0.682.